The summed E-state index contributed by atoms with van der Waals surface area (Å²) in [5, 5.41) is 13.9. The molecule has 1 heterocycles. The number of halogens is 1. The minimum Gasteiger partial charge on any atom is -0.393 e. The largest absolute Gasteiger partial charge is 0.393 e. The van der Waals surface area contributed by atoms with Crippen molar-refractivity contribution in [1.29, 1.82) is 0 Å². The Labute approximate surface area is 127 Å². The zero-order chi connectivity index (χ0) is 14.7. The number of nitrogens with zero attached hydrogens (tertiary/aromatic N) is 2. The molecule has 2 aromatic rings. The molecule has 0 fully saturated rings. The van der Waals surface area contributed by atoms with Gasteiger partial charge in [0.05, 0.1) is 12.5 Å². The van der Waals surface area contributed by atoms with Crippen LogP contribution in [0.25, 0.3) is 11.4 Å². The molecule has 0 aliphatic heterocycles. The van der Waals surface area contributed by atoms with Crippen LogP contribution in [0.3, 0.4) is 0 Å². The Bertz CT molecular complexity index is 581. The van der Waals surface area contributed by atoms with Crippen molar-refractivity contribution >= 4 is 15.9 Å². The van der Waals surface area contributed by atoms with Crippen LogP contribution in [0, 0.1) is 12.8 Å². The van der Waals surface area contributed by atoms with Gasteiger partial charge in [0.1, 0.15) is 0 Å². The number of aliphatic hydroxyl groups is 1. The Morgan fingerprint density at radius 3 is 2.75 bits per heavy atom. The van der Waals surface area contributed by atoms with E-state index in [0.29, 0.717) is 24.1 Å². The van der Waals surface area contributed by atoms with Gasteiger partial charge in [0, 0.05) is 10.0 Å². The van der Waals surface area contributed by atoms with Crippen molar-refractivity contribution in [3.8, 4) is 11.4 Å². The molecular weight excluding hydrogens is 320 g/mol. The average Bonchev–Trinajstić information content (AvgIpc) is 2.75. The second-order valence-corrected chi connectivity index (χ2v) is 6.37. The van der Waals surface area contributed by atoms with Gasteiger partial charge in [-0.15, -0.1) is 0 Å². The number of hydrogen-bond donors (Lipinski definition) is 1. The highest BCUT2D eigenvalue weighted by Gasteiger charge is 2.15. The lowest BCUT2D eigenvalue weighted by atomic mass is 10.0. The number of aryl methyl sites for hydroxylation is 1. The quantitative estimate of drug-likeness (QED) is 0.901. The standard InChI is InChI=1S/C15H19BrN2O2/c1-9(2)6-12(19)8-14-17-15(18-20-14)13-5-4-11(16)7-10(13)3/h4-5,7,9,12,19H,6,8H2,1-3H3. The van der Waals surface area contributed by atoms with Crippen molar-refractivity contribution < 1.29 is 9.63 Å². The first-order valence-electron chi connectivity index (χ1n) is 6.73. The van der Waals surface area contributed by atoms with Crippen LogP contribution < -0.4 is 0 Å². The molecule has 5 heteroatoms. The molecule has 0 spiro atoms. The molecule has 2 rings (SSSR count). The van der Waals surface area contributed by atoms with Crippen molar-refractivity contribution in [2.24, 2.45) is 5.92 Å². The van der Waals surface area contributed by atoms with E-state index < -0.39 is 6.10 Å². The summed E-state index contributed by atoms with van der Waals surface area (Å²) in [5.74, 6) is 1.50. The van der Waals surface area contributed by atoms with Crippen molar-refractivity contribution in [3.05, 3.63) is 34.1 Å². The first kappa shape index (κ1) is 15.2. The maximum Gasteiger partial charge on any atom is 0.229 e. The van der Waals surface area contributed by atoms with Gasteiger partial charge in [-0.1, -0.05) is 34.9 Å². The summed E-state index contributed by atoms with van der Waals surface area (Å²) in [4.78, 5) is 4.37. The highest BCUT2D eigenvalue weighted by molar-refractivity contribution is 9.10. The van der Waals surface area contributed by atoms with Crippen LogP contribution in [-0.2, 0) is 6.42 Å². The first-order valence-corrected chi connectivity index (χ1v) is 7.52. The molecule has 20 heavy (non-hydrogen) atoms. The van der Waals surface area contributed by atoms with Gasteiger partial charge >= 0.3 is 0 Å². The van der Waals surface area contributed by atoms with E-state index in [2.05, 4.69) is 39.9 Å². The van der Waals surface area contributed by atoms with Crippen LogP contribution in [0.2, 0.25) is 0 Å². The zero-order valence-corrected chi connectivity index (χ0v) is 13.5. The van der Waals surface area contributed by atoms with Crippen LogP contribution in [0.4, 0.5) is 0 Å². The molecule has 1 N–H and O–H groups in total. The normalized spacial score (nSPS) is 12.9. The third-order valence-electron chi connectivity index (χ3n) is 3.05. The van der Waals surface area contributed by atoms with E-state index in [1.54, 1.807) is 0 Å². The second kappa shape index (κ2) is 6.50. The van der Waals surface area contributed by atoms with Crippen LogP contribution in [0.15, 0.2) is 27.2 Å². The third kappa shape index (κ3) is 3.90. The van der Waals surface area contributed by atoms with E-state index in [1.807, 2.05) is 25.1 Å². The summed E-state index contributed by atoms with van der Waals surface area (Å²) < 4.78 is 6.25. The van der Waals surface area contributed by atoms with Gasteiger partial charge in [0.25, 0.3) is 0 Å². The SMILES string of the molecule is Cc1cc(Br)ccc1-c1noc(CC(O)CC(C)C)n1. The van der Waals surface area contributed by atoms with Gasteiger partial charge in [-0.3, -0.25) is 0 Å². The molecule has 0 saturated heterocycles. The minimum absolute atomic E-state index is 0.404. The fraction of sp³-hybridized carbons (Fsp3) is 0.467. The van der Waals surface area contributed by atoms with Gasteiger partial charge in [-0.25, -0.2) is 0 Å². The predicted octanol–water partition coefficient (Wildman–Crippen LogP) is 3.76. The van der Waals surface area contributed by atoms with Crippen molar-refractivity contribution in [3.63, 3.8) is 0 Å². The minimum atomic E-state index is -0.436. The molecule has 0 aliphatic rings. The van der Waals surface area contributed by atoms with E-state index in [9.17, 15) is 5.11 Å². The van der Waals surface area contributed by atoms with Crippen molar-refractivity contribution in [2.45, 2.75) is 39.7 Å². The zero-order valence-electron chi connectivity index (χ0n) is 11.9. The van der Waals surface area contributed by atoms with E-state index in [1.165, 1.54) is 0 Å². The number of aliphatic hydroxyl groups excluding tert-OH is 1. The Morgan fingerprint density at radius 2 is 2.10 bits per heavy atom. The van der Waals surface area contributed by atoms with E-state index in [4.69, 9.17) is 4.52 Å². The Kier molecular flexibility index (Phi) is 4.94. The molecule has 108 valence electrons. The lowest BCUT2D eigenvalue weighted by Crippen LogP contribution is -2.13. The monoisotopic (exact) mass is 338 g/mol. The highest BCUT2D eigenvalue weighted by Crippen LogP contribution is 2.24. The summed E-state index contributed by atoms with van der Waals surface area (Å²) in [6, 6.07) is 5.92. The molecule has 0 aliphatic carbocycles. The average molecular weight is 339 g/mol. The molecular formula is C15H19BrN2O2. The summed E-state index contributed by atoms with van der Waals surface area (Å²) in [7, 11) is 0. The molecule has 1 unspecified atom stereocenters. The Morgan fingerprint density at radius 1 is 1.35 bits per heavy atom. The fourth-order valence-corrected chi connectivity index (χ4v) is 2.63. The van der Waals surface area contributed by atoms with Gasteiger partial charge in [-0.2, -0.15) is 4.98 Å². The van der Waals surface area contributed by atoms with Crippen LogP contribution in [0.1, 0.15) is 31.7 Å². The van der Waals surface area contributed by atoms with E-state index in [-0.39, 0.29) is 0 Å². The predicted molar refractivity (Wildman–Crippen MR) is 81.3 cm³/mol. The van der Waals surface area contributed by atoms with Gasteiger partial charge in [-0.05, 0) is 43.0 Å². The number of aromatic nitrogens is 2. The second-order valence-electron chi connectivity index (χ2n) is 5.46. The molecule has 1 atom stereocenters. The maximum atomic E-state index is 9.91. The van der Waals surface area contributed by atoms with Crippen molar-refractivity contribution in [1.82, 2.24) is 10.1 Å². The lowest BCUT2D eigenvalue weighted by Gasteiger charge is -2.09. The van der Waals surface area contributed by atoms with Crippen molar-refractivity contribution in [2.75, 3.05) is 0 Å². The molecule has 4 nitrogen and oxygen atoms in total. The van der Waals surface area contributed by atoms with Crippen LogP contribution >= 0.6 is 15.9 Å². The Hall–Kier alpha value is -1.20. The molecule has 0 saturated carbocycles. The van der Waals surface area contributed by atoms with Crippen LogP contribution in [0.5, 0.6) is 0 Å². The molecule has 0 radical (unpaired) electrons. The smallest absolute Gasteiger partial charge is 0.229 e. The number of rotatable bonds is 5. The molecule has 0 bridgehead atoms. The third-order valence-corrected chi connectivity index (χ3v) is 3.54. The number of hydrogen-bond acceptors (Lipinski definition) is 4. The molecule has 1 aromatic heterocycles. The summed E-state index contributed by atoms with van der Waals surface area (Å²) in [5.41, 5.74) is 2.02. The topological polar surface area (TPSA) is 59.2 Å². The van der Waals surface area contributed by atoms with E-state index in [0.717, 1.165) is 22.0 Å². The van der Waals surface area contributed by atoms with E-state index >= 15 is 0 Å². The van der Waals surface area contributed by atoms with Gasteiger partial charge < -0.3 is 9.63 Å². The fourth-order valence-electron chi connectivity index (χ4n) is 2.15. The maximum absolute atomic E-state index is 9.91. The summed E-state index contributed by atoms with van der Waals surface area (Å²) >= 11 is 3.43. The molecule has 1 aromatic carbocycles. The number of benzene rings is 1. The molecule has 0 amide bonds. The summed E-state index contributed by atoms with van der Waals surface area (Å²) in [6.45, 7) is 6.16. The van der Waals surface area contributed by atoms with Crippen LogP contribution in [-0.4, -0.2) is 21.4 Å². The van der Waals surface area contributed by atoms with Gasteiger partial charge in [0.2, 0.25) is 11.7 Å². The summed E-state index contributed by atoms with van der Waals surface area (Å²) in [6.07, 6.45) is 0.699. The highest BCUT2D eigenvalue weighted by atomic mass is 79.9. The lowest BCUT2D eigenvalue weighted by molar-refractivity contribution is 0.138. The van der Waals surface area contributed by atoms with Gasteiger partial charge in [0.15, 0.2) is 0 Å². The Balaban J connectivity index is 2.12. The first-order chi connectivity index (χ1) is 9.45.